The topological polar surface area (TPSA) is 0 Å². The maximum Gasteiger partial charge on any atom is 0.142 e. The van der Waals surface area contributed by atoms with Crippen LogP contribution in [-0.4, -0.2) is 0 Å². The Morgan fingerprint density at radius 1 is 0.658 bits per heavy atom. The second-order valence-corrected chi connectivity index (χ2v) is 11.5. The molecular formula is C34H40ClF3. The smallest absolute Gasteiger partial charge is 0.142 e. The molecule has 1 aliphatic carbocycles. The molecular weight excluding hydrogens is 501 g/mol. The molecule has 1 saturated carbocycles. The van der Waals surface area contributed by atoms with Crippen molar-refractivity contribution in [1.82, 2.24) is 0 Å². The largest absolute Gasteiger partial charge is 0.207 e. The molecule has 0 amide bonds. The Kier molecular flexibility index (Phi) is 10.8. The average Bonchev–Trinajstić information content (AvgIpc) is 2.92. The second kappa shape index (κ2) is 14.2. The van der Waals surface area contributed by atoms with Gasteiger partial charge in [-0.1, -0.05) is 68.1 Å². The molecule has 38 heavy (non-hydrogen) atoms. The molecule has 0 nitrogen and oxygen atoms in total. The fourth-order valence-corrected chi connectivity index (χ4v) is 5.99. The number of unbranched alkanes of at least 4 members (excludes halogenated alkanes) is 3. The van der Waals surface area contributed by atoms with Crippen LogP contribution in [0.3, 0.4) is 0 Å². The number of benzene rings is 3. The van der Waals surface area contributed by atoms with Crippen molar-refractivity contribution in [2.45, 2.75) is 96.3 Å². The molecule has 0 heterocycles. The molecule has 0 aromatic heterocycles. The van der Waals surface area contributed by atoms with Gasteiger partial charge in [-0.05, 0) is 123 Å². The van der Waals surface area contributed by atoms with Crippen LogP contribution in [0.1, 0.15) is 98.4 Å². The number of aryl methyl sites for hydroxylation is 3. The zero-order chi connectivity index (χ0) is 26.9. The van der Waals surface area contributed by atoms with E-state index in [9.17, 15) is 13.2 Å². The Bertz CT molecular complexity index is 1140. The molecule has 0 spiro atoms. The lowest BCUT2D eigenvalue weighted by molar-refractivity contribution is 0.310. The Morgan fingerprint density at radius 2 is 1.32 bits per heavy atom. The van der Waals surface area contributed by atoms with Crippen LogP contribution in [0, 0.1) is 23.4 Å². The molecule has 1 aliphatic rings. The van der Waals surface area contributed by atoms with Gasteiger partial charge in [-0.2, -0.15) is 0 Å². The minimum absolute atomic E-state index is 0.0473. The lowest BCUT2D eigenvalue weighted by atomic mass is 9.76. The molecule has 3 aromatic carbocycles. The van der Waals surface area contributed by atoms with E-state index in [0.29, 0.717) is 30.2 Å². The molecule has 0 bridgehead atoms. The van der Waals surface area contributed by atoms with Crippen molar-refractivity contribution < 1.29 is 13.2 Å². The second-order valence-electron chi connectivity index (χ2n) is 11.1. The van der Waals surface area contributed by atoms with Crippen LogP contribution in [0.5, 0.6) is 0 Å². The van der Waals surface area contributed by atoms with Crippen molar-refractivity contribution in [3.63, 3.8) is 0 Å². The zero-order valence-electron chi connectivity index (χ0n) is 22.6. The van der Waals surface area contributed by atoms with Crippen molar-refractivity contribution in [2.24, 2.45) is 5.92 Å². The summed E-state index contributed by atoms with van der Waals surface area (Å²) in [6, 6.07) is 16.7. The van der Waals surface area contributed by atoms with Crippen molar-refractivity contribution in [3.05, 3.63) is 105 Å². The number of hydrogen-bond acceptors (Lipinski definition) is 0. The molecule has 1 fully saturated rings. The molecule has 0 unspecified atom stereocenters. The van der Waals surface area contributed by atoms with E-state index >= 15 is 0 Å². The predicted octanol–water partition coefficient (Wildman–Crippen LogP) is 10.6. The third-order valence-corrected chi connectivity index (χ3v) is 8.61. The number of rotatable bonds is 12. The lowest BCUT2D eigenvalue weighted by Gasteiger charge is -2.29. The quantitative estimate of drug-likeness (QED) is 0.200. The van der Waals surface area contributed by atoms with E-state index in [1.807, 2.05) is 0 Å². The van der Waals surface area contributed by atoms with Gasteiger partial charge in [0.05, 0.1) is 5.02 Å². The molecule has 0 radical (unpaired) electrons. The first-order chi connectivity index (χ1) is 18.4. The monoisotopic (exact) mass is 540 g/mol. The highest BCUT2D eigenvalue weighted by molar-refractivity contribution is 6.30. The molecule has 4 heteroatoms. The van der Waals surface area contributed by atoms with Crippen LogP contribution in [-0.2, 0) is 25.7 Å². The van der Waals surface area contributed by atoms with Crippen LogP contribution >= 0.6 is 11.6 Å². The fourth-order valence-electron chi connectivity index (χ4n) is 5.87. The average molecular weight is 541 g/mol. The highest BCUT2D eigenvalue weighted by Crippen LogP contribution is 2.37. The van der Waals surface area contributed by atoms with E-state index in [1.54, 1.807) is 6.07 Å². The van der Waals surface area contributed by atoms with Gasteiger partial charge in [-0.3, -0.25) is 0 Å². The van der Waals surface area contributed by atoms with E-state index in [2.05, 4.69) is 31.2 Å². The lowest BCUT2D eigenvalue weighted by Crippen LogP contribution is -2.14. The number of hydrogen-bond donors (Lipinski definition) is 0. The summed E-state index contributed by atoms with van der Waals surface area (Å²) >= 11 is 5.72. The predicted molar refractivity (Wildman–Crippen MR) is 152 cm³/mol. The van der Waals surface area contributed by atoms with E-state index < -0.39 is 17.5 Å². The Morgan fingerprint density at radius 3 is 1.97 bits per heavy atom. The molecule has 4 rings (SSSR count). The summed E-state index contributed by atoms with van der Waals surface area (Å²) < 4.78 is 43.2. The first kappa shape index (κ1) is 28.7. The van der Waals surface area contributed by atoms with Gasteiger partial charge in [-0.25, -0.2) is 13.2 Å². The van der Waals surface area contributed by atoms with Gasteiger partial charge in [0.25, 0.3) is 0 Å². The summed E-state index contributed by atoms with van der Waals surface area (Å²) in [6.07, 6.45) is 13.3. The van der Waals surface area contributed by atoms with E-state index in [4.69, 9.17) is 11.6 Å². The van der Waals surface area contributed by atoms with E-state index in [-0.39, 0.29) is 17.0 Å². The summed E-state index contributed by atoms with van der Waals surface area (Å²) in [4.78, 5) is 0. The maximum absolute atomic E-state index is 14.8. The Hall–Kier alpha value is -2.26. The van der Waals surface area contributed by atoms with Gasteiger partial charge in [0.2, 0.25) is 0 Å². The van der Waals surface area contributed by atoms with Crippen LogP contribution in [0.15, 0.2) is 54.6 Å². The van der Waals surface area contributed by atoms with Crippen LogP contribution < -0.4 is 0 Å². The maximum atomic E-state index is 14.8. The SMILES string of the molecule is CCCCCCc1ccc(C2CCC(CCc3cc(F)c(CCc4ccc(Cl)c(F)c4)c(F)c3)CC2)cc1. The van der Waals surface area contributed by atoms with Gasteiger partial charge in [0.15, 0.2) is 0 Å². The van der Waals surface area contributed by atoms with E-state index in [0.717, 1.165) is 12.0 Å². The van der Waals surface area contributed by atoms with Crippen molar-refractivity contribution in [3.8, 4) is 0 Å². The van der Waals surface area contributed by atoms with Crippen LogP contribution in [0.2, 0.25) is 5.02 Å². The highest BCUT2D eigenvalue weighted by atomic mass is 35.5. The fraction of sp³-hybridized carbons (Fsp3) is 0.471. The summed E-state index contributed by atoms with van der Waals surface area (Å²) in [5.41, 5.74) is 4.36. The van der Waals surface area contributed by atoms with Crippen LogP contribution in [0.25, 0.3) is 0 Å². The summed E-state index contributed by atoms with van der Waals surface area (Å²) in [5.74, 6) is -0.294. The zero-order valence-corrected chi connectivity index (χ0v) is 23.3. The Labute approximate surface area is 231 Å². The van der Waals surface area contributed by atoms with Crippen molar-refractivity contribution in [1.29, 1.82) is 0 Å². The van der Waals surface area contributed by atoms with Gasteiger partial charge in [0.1, 0.15) is 17.5 Å². The van der Waals surface area contributed by atoms with Crippen molar-refractivity contribution in [2.75, 3.05) is 0 Å². The molecule has 204 valence electrons. The summed E-state index contributed by atoms with van der Waals surface area (Å²) in [7, 11) is 0. The Balaban J connectivity index is 1.22. The van der Waals surface area contributed by atoms with Gasteiger partial charge >= 0.3 is 0 Å². The minimum atomic E-state index is -0.513. The first-order valence-corrected chi connectivity index (χ1v) is 14.8. The molecule has 0 saturated heterocycles. The van der Waals surface area contributed by atoms with Crippen molar-refractivity contribution >= 4 is 11.6 Å². The van der Waals surface area contributed by atoms with Gasteiger partial charge < -0.3 is 0 Å². The molecule has 0 aliphatic heterocycles. The van der Waals surface area contributed by atoms with E-state index in [1.165, 1.54) is 93.2 Å². The number of halogens is 4. The standard InChI is InChI=1S/C34H40ClF3/c1-2-3-4-5-6-24-9-15-28(16-10-24)29-17-11-25(12-18-29)7-8-27-22-32(36)30(33(37)23-27)19-13-26-14-20-31(35)34(38)21-26/h9-10,14-16,20-23,25,29H,2-8,11-13,17-19H2,1H3. The third-order valence-electron chi connectivity index (χ3n) is 8.31. The molecule has 0 N–H and O–H groups in total. The van der Waals surface area contributed by atoms with Gasteiger partial charge in [0, 0.05) is 5.56 Å². The molecule has 0 atom stereocenters. The first-order valence-electron chi connectivity index (χ1n) is 14.4. The highest BCUT2D eigenvalue weighted by Gasteiger charge is 2.22. The van der Waals surface area contributed by atoms with Gasteiger partial charge in [-0.15, -0.1) is 0 Å². The summed E-state index contributed by atoms with van der Waals surface area (Å²) in [5, 5.41) is 0.0473. The minimum Gasteiger partial charge on any atom is -0.207 e. The summed E-state index contributed by atoms with van der Waals surface area (Å²) in [6.45, 7) is 2.25. The normalized spacial score (nSPS) is 17.6. The van der Waals surface area contributed by atoms with Crippen LogP contribution in [0.4, 0.5) is 13.2 Å². The third kappa shape index (κ3) is 8.12. The molecule has 3 aromatic rings.